The number of thiocarbonyl (C=S) groups is 1. The molecule has 1 amide bonds. The zero-order valence-corrected chi connectivity index (χ0v) is 11.3. The lowest BCUT2D eigenvalue weighted by atomic mass is 10.1. The molecule has 1 unspecified atom stereocenters. The molecule has 0 saturated heterocycles. The van der Waals surface area contributed by atoms with Crippen molar-refractivity contribution in [2.45, 2.75) is 19.4 Å². The lowest BCUT2D eigenvalue weighted by Crippen LogP contribution is -2.42. The molecule has 0 radical (unpaired) electrons. The second-order valence-corrected chi connectivity index (χ2v) is 4.73. The van der Waals surface area contributed by atoms with Crippen LogP contribution >= 0.6 is 28.1 Å². The first-order valence-electron chi connectivity index (χ1n) is 4.90. The average Bonchev–Trinajstić information content (AvgIpc) is 2.25. The maximum Gasteiger partial charge on any atom is 0.251 e. The Bertz CT molecular complexity index is 409. The van der Waals surface area contributed by atoms with Gasteiger partial charge >= 0.3 is 0 Å². The van der Waals surface area contributed by atoms with E-state index in [-0.39, 0.29) is 11.9 Å². The molecule has 86 valence electrons. The quantitative estimate of drug-likeness (QED) is 0.839. The Labute approximate surface area is 109 Å². The lowest BCUT2D eigenvalue weighted by molar-refractivity contribution is 0.0946. The normalized spacial score (nSPS) is 11.9. The van der Waals surface area contributed by atoms with Crippen LogP contribution in [0.4, 0.5) is 0 Å². The number of halogens is 1. The van der Waals surface area contributed by atoms with Crippen LogP contribution < -0.4 is 11.1 Å². The molecule has 0 saturated carbocycles. The molecule has 3 N–H and O–H groups in total. The first-order chi connectivity index (χ1) is 7.54. The number of nitrogens with one attached hydrogen (secondary N) is 1. The van der Waals surface area contributed by atoms with Gasteiger partial charge in [-0.15, -0.1) is 0 Å². The monoisotopic (exact) mass is 300 g/mol. The number of rotatable bonds is 4. The van der Waals surface area contributed by atoms with Crippen molar-refractivity contribution in [3.63, 3.8) is 0 Å². The lowest BCUT2D eigenvalue weighted by Gasteiger charge is -2.15. The smallest absolute Gasteiger partial charge is 0.251 e. The Balaban J connectivity index is 2.75. The molecule has 0 heterocycles. The van der Waals surface area contributed by atoms with Gasteiger partial charge in [-0.05, 0) is 24.6 Å². The van der Waals surface area contributed by atoms with E-state index in [1.54, 1.807) is 18.2 Å². The summed E-state index contributed by atoms with van der Waals surface area (Å²) in [6, 6.07) is 6.91. The van der Waals surface area contributed by atoms with Crippen molar-refractivity contribution in [1.82, 2.24) is 5.32 Å². The number of benzene rings is 1. The summed E-state index contributed by atoms with van der Waals surface area (Å²) in [6.45, 7) is 1.92. The summed E-state index contributed by atoms with van der Waals surface area (Å²) in [6.07, 6.45) is 0.690. The molecule has 1 atom stereocenters. The van der Waals surface area contributed by atoms with E-state index in [1.165, 1.54) is 0 Å². The Morgan fingerprint density at radius 1 is 1.62 bits per heavy atom. The summed E-state index contributed by atoms with van der Waals surface area (Å²) < 4.78 is 0.864. The van der Waals surface area contributed by atoms with Crippen molar-refractivity contribution in [3.8, 4) is 0 Å². The van der Waals surface area contributed by atoms with Gasteiger partial charge in [-0.2, -0.15) is 0 Å². The molecule has 0 aromatic heterocycles. The van der Waals surface area contributed by atoms with E-state index in [1.807, 2.05) is 13.0 Å². The van der Waals surface area contributed by atoms with Gasteiger partial charge in [0.05, 0.1) is 11.0 Å². The predicted octanol–water partition coefficient (Wildman–Crippen LogP) is 2.24. The minimum atomic E-state index is -0.249. The van der Waals surface area contributed by atoms with Crippen LogP contribution in [-0.2, 0) is 0 Å². The topological polar surface area (TPSA) is 55.1 Å². The van der Waals surface area contributed by atoms with Crippen LogP contribution in [-0.4, -0.2) is 16.9 Å². The highest BCUT2D eigenvalue weighted by Crippen LogP contribution is 2.11. The fraction of sp³-hybridized carbons (Fsp3) is 0.273. The van der Waals surface area contributed by atoms with Crippen molar-refractivity contribution in [2.75, 3.05) is 0 Å². The Morgan fingerprint density at radius 3 is 2.81 bits per heavy atom. The maximum atomic E-state index is 11.8. The van der Waals surface area contributed by atoms with Crippen molar-refractivity contribution >= 4 is 39.0 Å². The van der Waals surface area contributed by atoms with Gasteiger partial charge in [0, 0.05) is 10.0 Å². The highest BCUT2D eigenvalue weighted by atomic mass is 79.9. The third-order valence-electron chi connectivity index (χ3n) is 2.14. The number of hydrogen-bond acceptors (Lipinski definition) is 2. The van der Waals surface area contributed by atoms with Gasteiger partial charge in [-0.25, -0.2) is 0 Å². The standard InChI is InChI=1S/C11H13BrN2OS/c1-2-9(10(13)16)14-11(15)7-4-3-5-8(12)6-7/h3-6,9H,2H2,1H3,(H2,13,16)(H,14,15). The van der Waals surface area contributed by atoms with E-state index < -0.39 is 0 Å². The maximum absolute atomic E-state index is 11.8. The molecule has 1 aromatic carbocycles. The van der Waals surface area contributed by atoms with Crippen molar-refractivity contribution in [3.05, 3.63) is 34.3 Å². The second-order valence-electron chi connectivity index (χ2n) is 3.35. The Kier molecular flexibility index (Phi) is 4.89. The average molecular weight is 301 g/mol. The molecule has 0 aliphatic rings. The molecule has 1 aromatic rings. The Hall–Kier alpha value is -0.940. The summed E-state index contributed by atoms with van der Waals surface area (Å²) in [5.41, 5.74) is 6.10. The van der Waals surface area contributed by atoms with Crippen LogP contribution in [0.5, 0.6) is 0 Å². The van der Waals surface area contributed by atoms with Crippen molar-refractivity contribution in [1.29, 1.82) is 0 Å². The van der Waals surface area contributed by atoms with Gasteiger partial charge in [0.15, 0.2) is 0 Å². The largest absolute Gasteiger partial charge is 0.392 e. The molecule has 16 heavy (non-hydrogen) atoms. The SMILES string of the molecule is CCC(NC(=O)c1cccc(Br)c1)C(N)=S. The zero-order valence-electron chi connectivity index (χ0n) is 8.87. The third-order valence-corrected chi connectivity index (χ3v) is 2.92. The van der Waals surface area contributed by atoms with Gasteiger partial charge < -0.3 is 11.1 Å². The number of amides is 1. The number of hydrogen-bond donors (Lipinski definition) is 2. The second kappa shape index (κ2) is 5.96. The molecule has 1 rings (SSSR count). The van der Waals surface area contributed by atoms with Gasteiger partial charge in [-0.1, -0.05) is 41.1 Å². The van der Waals surface area contributed by atoms with Crippen LogP contribution in [0.2, 0.25) is 0 Å². The highest BCUT2D eigenvalue weighted by Gasteiger charge is 2.14. The van der Waals surface area contributed by atoms with Gasteiger partial charge in [0.25, 0.3) is 5.91 Å². The molecule has 3 nitrogen and oxygen atoms in total. The molecular formula is C11H13BrN2OS. The van der Waals surface area contributed by atoms with Crippen LogP contribution in [0.25, 0.3) is 0 Å². The summed E-state index contributed by atoms with van der Waals surface area (Å²) in [7, 11) is 0. The van der Waals surface area contributed by atoms with E-state index in [0.717, 1.165) is 4.47 Å². The van der Waals surface area contributed by atoms with Crippen LogP contribution in [0.15, 0.2) is 28.7 Å². The molecule has 5 heteroatoms. The fourth-order valence-corrected chi connectivity index (χ4v) is 1.87. The third kappa shape index (κ3) is 3.57. The summed E-state index contributed by atoms with van der Waals surface area (Å²) in [4.78, 5) is 12.1. The number of carbonyl (C=O) groups is 1. The van der Waals surface area contributed by atoms with E-state index in [0.29, 0.717) is 17.0 Å². The van der Waals surface area contributed by atoms with Gasteiger partial charge in [0.1, 0.15) is 0 Å². The number of nitrogens with two attached hydrogens (primary N) is 1. The van der Waals surface area contributed by atoms with E-state index in [9.17, 15) is 4.79 Å². The molecular weight excluding hydrogens is 288 g/mol. The van der Waals surface area contributed by atoms with Gasteiger partial charge in [-0.3, -0.25) is 4.79 Å². The molecule has 0 bridgehead atoms. The van der Waals surface area contributed by atoms with Crippen LogP contribution in [0, 0.1) is 0 Å². The minimum Gasteiger partial charge on any atom is -0.392 e. The molecule has 0 aliphatic carbocycles. The zero-order chi connectivity index (χ0) is 12.1. The van der Waals surface area contributed by atoms with E-state index in [2.05, 4.69) is 21.2 Å². The van der Waals surface area contributed by atoms with Crippen LogP contribution in [0.1, 0.15) is 23.7 Å². The minimum absolute atomic E-state index is 0.166. The van der Waals surface area contributed by atoms with E-state index >= 15 is 0 Å². The number of carbonyl (C=O) groups excluding carboxylic acids is 1. The fourth-order valence-electron chi connectivity index (χ4n) is 1.25. The summed E-state index contributed by atoms with van der Waals surface area (Å²) in [5, 5.41) is 2.78. The van der Waals surface area contributed by atoms with Crippen molar-refractivity contribution in [2.24, 2.45) is 5.73 Å². The van der Waals surface area contributed by atoms with Crippen molar-refractivity contribution < 1.29 is 4.79 Å². The van der Waals surface area contributed by atoms with Crippen LogP contribution in [0.3, 0.4) is 0 Å². The van der Waals surface area contributed by atoms with E-state index in [4.69, 9.17) is 18.0 Å². The summed E-state index contributed by atoms with van der Waals surface area (Å²) >= 11 is 8.18. The molecule has 0 fully saturated rings. The molecule has 0 aliphatic heterocycles. The Morgan fingerprint density at radius 2 is 2.31 bits per heavy atom. The summed E-state index contributed by atoms with van der Waals surface area (Å²) in [5.74, 6) is -0.166. The first-order valence-corrected chi connectivity index (χ1v) is 6.10. The first kappa shape index (κ1) is 13.1. The predicted molar refractivity (Wildman–Crippen MR) is 72.5 cm³/mol. The van der Waals surface area contributed by atoms with Gasteiger partial charge in [0.2, 0.25) is 0 Å². The molecule has 0 spiro atoms. The highest BCUT2D eigenvalue weighted by molar-refractivity contribution is 9.10.